The number of piperazine rings is 1. The van der Waals surface area contributed by atoms with Crippen molar-refractivity contribution < 1.29 is 19.1 Å². The summed E-state index contributed by atoms with van der Waals surface area (Å²) in [7, 11) is 0. The molecule has 55 heavy (non-hydrogen) atoms. The molecule has 4 aromatic rings. The smallest absolute Gasteiger partial charge is 0.267 e. The Morgan fingerprint density at radius 3 is 2.33 bits per heavy atom. The second-order valence-electron chi connectivity index (χ2n) is 15.0. The fraction of sp³-hybridized carbons (Fsp3) is 0.439. The Hall–Kier alpha value is -5.63. The van der Waals surface area contributed by atoms with E-state index in [1.807, 2.05) is 24.5 Å². The second kappa shape index (κ2) is 15.2. The summed E-state index contributed by atoms with van der Waals surface area (Å²) in [6.07, 6.45) is 7.18. The van der Waals surface area contributed by atoms with Gasteiger partial charge in [-0.2, -0.15) is 0 Å². The van der Waals surface area contributed by atoms with Crippen LogP contribution in [-0.2, 0) is 22.6 Å². The van der Waals surface area contributed by atoms with E-state index >= 15 is 0 Å². The Kier molecular flexibility index (Phi) is 9.73. The number of benzene rings is 2. The Labute approximate surface area is 321 Å². The van der Waals surface area contributed by atoms with Gasteiger partial charge in [0, 0.05) is 100 Å². The molecule has 5 aliphatic heterocycles. The highest BCUT2D eigenvalue weighted by molar-refractivity contribution is 5.99. The van der Waals surface area contributed by atoms with E-state index in [1.54, 1.807) is 0 Å². The molecule has 9 rings (SSSR count). The summed E-state index contributed by atoms with van der Waals surface area (Å²) < 4.78 is 11.6. The molecule has 1 atom stereocenters. The van der Waals surface area contributed by atoms with Gasteiger partial charge in [-0.25, -0.2) is 15.0 Å². The number of fused-ring (bicyclic) bond motifs is 2. The lowest BCUT2D eigenvalue weighted by molar-refractivity contribution is -0.138. The minimum absolute atomic E-state index is 0.236. The number of ether oxygens (including phenoxy) is 2. The number of amides is 2. The van der Waals surface area contributed by atoms with E-state index in [2.05, 4.69) is 88.8 Å². The van der Waals surface area contributed by atoms with Crippen molar-refractivity contribution in [2.45, 2.75) is 57.7 Å². The van der Waals surface area contributed by atoms with Crippen LogP contribution in [0.1, 0.15) is 42.5 Å². The van der Waals surface area contributed by atoms with Gasteiger partial charge in [-0.1, -0.05) is 0 Å². The topological polar surface area (TPSA) is 140 Å². The van der Waals surface area contributed by atoms with Crippen molar-refractivity contribution in [3.8, 4) is 11.6 Å². The molecule has 3 fully saturated rings. The van der Waals surface area contributed by atoms with Gasteiger partial charge < -0.3 is 34.8 Å². The number of carbonyl (C=O) groups excluding carboxylic acids is 2. The standard InChI is InChI=1S/C41H48N10O4/c1-27-35(25-43-40-38(27)42-15-23-54-40)51-16-12-28-24-44-41(46-34(28)26-51)45-29-2-4-30(5-3-29)48-17-13-32(14-18-48)50-21-19-49(20-22-50)31-6-8-33(9-7-31)55-36-10-11-37(52)47-39(36)53/h2-9,24-25,32,36,42H,10-23,26H2,1H3,(H,44,45,46)(H,47,52,53). The first-order valence-corrected chi connectivity index (χ1v) is 19.6. The predicted octanol–water partition coefficient (Wildman–Crippen LogP) is 4.27. The van der Waals surface area contributed by atoms with Crippen LogP contribution >= 0.6 is 0 Å². The quantitative estimate of drug-likeness (QED) is 0.222. The number of aromatic nitrogens is 3. The van der Waals surface area contributed by atoms with E-state index < -0.39 is 6.10 Å². The van der Waals surface area contributed by atoms with E-state index in [4.69, 9.17) is 14.5 Å². The molecule has 2 aromatic heterocycles. The number of imide groups is 1. The third kappa shape index (κ3) is 7.55. The van der Waals surface area contributed by atoms with Gasteiger partial charge in [0.05, 0.1) is 24.1 Å². The zero-order chi connectivity index (χ0) is 37.3. The molecular weight excluding hydrogens is 697 g/mol. The summed E-state index contributed by atoms with van der Waals surface area (Å²) in [5.74, 6) is 1.35. The predicted molar refractivity (Wildman–Crippen MR) is 212 cm³/mol. The number of anilines is 6. The van der Waals surface area contributed by atoms with E-state index in [9.17, 15) is 9.59 Å². The number of nitrogens with one attached hydrogen (secondary N) is 3. The number of nitrogens with zero attached hydrogens (tertiary/aromatic N) is 7. The molecule has 14 nitrogen and oxygen atoms in total. The van der Waals surface area contributed by atoms with Gasteiger partial charge in [-0.05, 0) is 80.3 Å². The average molecular weight is 745 g/mol. The largest absolute Gasteiger partial charge is 0.481 e. The van der Waals surface area contributed by atoms with Gasteiger partial charge in [0.2, 0.25) is 17.7 Å². The van der Waals surface area contributed by atoms with E-state index in [0.717, 1.165) is 106 Å². The van der Waals surface area contributed by atoms with Crippen molar-refractivity contribution in [1.82, 2.24) is 25.2 Å². The van der Waals surface area contributed by atoms with E-state index in [0.29, 0.717) is 49.6 Å². The molecule has 0 radical (unpaired) electrons. The van der Waals surface area contributed by atoms with Gasteiger partial charge >= 0.3 is 0 Å². The van der Waals surface area contributed by atoms with Crippen LogP contribution in [0.5, 0.6) is 11.6 Å². The van der Waals surface area contributed by atoms with Gasteiger partial charge in [0.1, 0.15) is 18.0 Å². The second-order valence-corrected chi connectivity index (χ2v) is 15.0. The summed E-state index contributed by atoms with van der Waals surface area (Å²) >= 11 is 0. The van der Waals surface area contributed by atoms with Gasteiger partial charge in [0.15, 0.2) is 6.10 Å². The highest BCUT2D eigenvalue weighted by Crippen LogP contribution is 2.36. The van der Waals surface area contributed by atoms with Crippen LogP contribution in [0.2, 0.25) is 0 Å². The molecule has 3 saturated heterocycles. The minimum atomic E-state index is -0.618. The van der Waals surface area contributed by atoms with Crippen LogP contribution < -0.4 is 40.1 Å². The molecule has 2 aromatic carbocycles. The zero-order valence-corrected chi connectivity index (χ0v) is 31.3. The molecule has 0 aliphatic carbocycles. The van der Waals surface area contributed by atoms with Crippen LogP contribution in [0.15, 0.2) is 60.9 Å². The van der Waals surface area contributed by atoms with Crippen LogP contribution in [0.4, 0.5) is 34.4 Å². The summed E-state index contributed by atoms with van der Waals surface area (Å²) in [4.78, 5) is 47.6. The van der Waals surface area contributed by atoms with Crippen LogP contribution in [0.25, 0.3) is 0 Å². The van der Waals surface area contributed by atoms with Crippen molar-refractivity contribution >= 4 is 46.2 Å². The van der Waals surface area contributed by atoms with Crippen molar-refractivity contribution in [2.75, 3.05) is 84.3 Å². The number of hydrogen-bond acceptors (Lipinski definition) is 13. The van der Waals surface area contributed by atoms with Gasteiger partial charge in [-0.15, -0.1) is 0 Å². The monoisotopic (exact) mass is 744 g/mol. The van der Waals surface area contributed by atoms with Crippen LogP contribution in [0, 0.1) is 6.92 Å². The number of pyridine rings is 1. The molecule has 5 aliphatic rings. The first-order chi connectivity index (χ1) is 26.9. The molecule has 286 valence electrons. The Morgan fingerprint density at radius 1 is 0.818 bits per heavy atom. The lowest BCUT2D eigenvalue weighted by Crippen LogP contribution is -2.53. The molecular formula is C41H48N10O4. The number of carbonyl (C=O) groups is 2. The maximum Gasteiger partial charge on any atom is 0.267 e. The number of piperidine rings is 2. The molecule has 1 unspecified atom stereocenters. The van der Waals surface area contributed by atoms with Crippen LogP contribution in [-0.4, -0.2) is 103 Å². The van der Waals surface area contributed by atoms with Gasteiger partial charge in [0.25, 0.3) is 5.91 Å². The molecule has 3 N–H and O–H groups in total. The molecule has 0 spiro atoms. The average Bonchev–Trinajstić information content (AvgIpc) is 3.23. The van der Waals surface area contributed by atoms with Gasteiger partial charge in [-0.3, -0.25) is 19.8 Å². The van der Waals surface area contributed by atoms with Crippen molar-refractivity contribution in [3.05, 3.63) is 77.7 Å². The molecule has 7 heterocycles. The fourth-order valence-corrected chi connectivity index (χ4v) is 8.50. The molecule has 14 heteroatoms. The van der Waals surface area contributed by atoms with Crippen molar-refractivity contribution in [1.29, 1.82) is 0 Å². The first kappa shape index (κ1) is 35.1. The van der Waals surface area contributed by atoms with E-state index in [1.165, 1.54) is 11.3 Å². The Balaban J connectivity index is 0.740. The Bertz CT molecular complexity index is 2030. The van der Waals surface area contributed by atoms with E-state index in [-0.39, 0.29) is 11.8 Å². The molecule has 2 amide bonds. The molecule has 0 saturated carbocycles. The maximum atomic E-state index is 12.1. The van der Waals surface area contributed by atoms with Crippen molar-refractivity contribution in [3.63, 3.8) is 0 Å². The SMILES string of the molecule is Cc1c(N2CCc3cnc(Nc4ccc(N5CCC(N6CCN(c7ccc(OC8CCC(=O)NC8=O)cc7)CC6)CC5)cc4)nc3C2)cnc2c1NCCO2. The molecule has 0 bridgehead atoms. The maximum absolute atomic E-state index is 12.1. The normalized spacial score (nSPS) is 20.5. The highest BCUT2D eigenvalue weighted by Gasteiger charge is 2.30. The first-order valence-electron chi connectivity index (χ1n) is 19.6. The third-order valence-corrected chi connectivity index (χ3v) is 11.7. The lowest BCUT2D eigenvalue weighted by atomic mass is 10.0. The summed E-state index contributed by atoms with van der Waals surface area (Å²) in [5, 5.41) is 9.24. The fourth-order valence-electron chi connectivity index (χ4n) is 8.50. The summed E-state index contributed by atoms with van der Waals surface area (Å²) in [6, 6.07) is 17.2. The minimum Gasteiger partial charge on any atom is -0.481 e. The summed E-state index contributed by atoms with van der Waals surface area (Å²) in [6.45, 7) is 11.3. The third-order valence-electron chi connectivity index (χ3n) is 11.7. The lowest BCUT2D eigenvalue weighted by Gasteiger charge is -2.43. The number of hydrogen-bond donors (Lipinski definition) is 3. The van der Waals surface area contributed by atoms with Crippen LogP contribution in [0.3, 0.4) is 0 Å². The van der Waals surface area contributed by atoms with Crippen molar-refractivity contribution in [2.24, 2.45) is 0 Å². The number of rotatable bonds is 8. The summed E-state index contributed by atoms with van der Waals surface area (Å²) in [5.41, 5.74) is 8.87. The Morgan fingerprint density at radius 2 is 1.56 bits per heavy atom. The highest BCUT2D eigenvalue weighted by atomic mass is 16.5. The zero-order valence-electron chi connectivity index (χ0n) is 31.3.